The van der Waals surface area contributed by atoms with Gasteiger partial charge in [0.05, 0.1) is 22.7 Å². The molecule has 0 atom stereocenters. The van der Waals surface area contributed by atoms with E-state index in [2.05, 4.69) is 247 Å². The molecule has 0 unspecified atom stereocenters. The Hall–Kier alpha value is -7.63. The van der Waals surface area contributed by atoms with E-state index < -0.39 is 7.11 Å². The highest BCUT2D eigenvalue weighted by Gasteiger charge is 2.30. The van der Waals surface area contributed by atoms with Crippen LogP contribution in [0.2, 0.25) is 6.55 Å². The Morgan fingerprint density at radius 1 is 0.351 bits per heavy atom. The normalized spacial score (nSPS) is 13.5. The van der Waals surface area contributed by atoms with E-state index in [1.807, 2.05) is 0 Å². The molecule has 0 aliphatic rings. The number of hydrogen-bond acceptors (Lipinski definition) is 5. The fraction of sp³-hybridized carbons (Fsp3) is 0.152. The van der Waals surface area contributed by atoms with Crippen LogP contribution >= 0.6 is 0 Å². The molecule has 0 radical (unpaired) electrons. The van der Waals surface area contributed by atoms with Crippen LogP contribution in [-0.4, -0.2) is 26.6 Å². The third-order valence-electron chi connectivity index (χ3n) is 15.3. The van der Waals surface area contributed by atoms with Crippen molar-refractivity contribution >= 4 is 153 Å². The molecule has 5 nitrogen and oxygen atoms in total. The summed E-state index contributed by atoms with van der Waals surface area (Å²) in [5.74, 6) is 0. The van der Waals surface area contributed by atoms with Gasteiger partial charge in [0, 0.05) is 103 Å². The second-order valence-electron chi connectivity index (χ2n) is 23.4. The minimum absolute atomic E-state index is 0.109. The van der Waals surface area contributed by atoms with E-state index in [1.165, 1.54) is 41.4 Å². The second-order valence-corrected chi connectivity index (χ2v) is 49.5. The predicted octanol–water partition coefficient (Wildman–Crippen LogP) is 16.5. The number of rotatable bonds is 7. The maximum atomic E-state index is 7.29. The van der Waals surface area contributed by atoms with E-state index in [-0.39, 0.29) is 10.8 Å². The van der Waals surface area contributed by atoms with Crippen LogP contribution in [0.25, 0.3) is 87.4 Å². The Kier molecular flexibility index (Phi) is 10.4. The molecule has 13 rings (SSSR count). The van der Waals surface area contributed by atoms with Gasteiger partial charge in [-0.3, -0.25) is 0 Å². The summed E-state index contributed by atoms with van der Waals surface area (Å²) in [5, 5.41) is 12.3. The van der Waals surface area contributed by atoms with Crippen LogP contribution in [0.4, 0.5) is 34.1 Å². The van der Waals surface area contributed by atoms with Gasteiger partial charge in [0.1, 0.15) is 22.3 Å². The van der Waals surface area contributed by atoms with Crippen LogP contribution < -0.4 is 15.0 Å². The van der Waals surface area contributed by atoms with Crippen LogP contribution in [-0.2, 0) is 10.8 Å². The molecule has 0 saturated carbocycles. The van der Waals surface area contributed by atoms with Crippen molar-refractivity contribution in [2.24, 2.45) is 0 Å². The minimum atomic E-state index is -1.35. The van der Waals surface area contributed by atoms with Crippen molar-refractivity contribution in [1.82, 2.24) is 0 Å². The highest BCUT2D eigenvalue weighted by Crippen LogP contribution is 2.52. The van der Waals surface area contributed by atoms with Gasteiger partial charge in [-0.2, -0.15) is 0 Å². The molecule has 0 N–H and O–H groups in total. The number of hydrogen-bond donors (Lipinski definition) is 0. The Morgan fingerprint density at radius 3 is 1.09 bits per heavy atom. The van der Waals surface area contributed by atoms with Gasteiger partial charge in [0.25, 0.3) is 0 Å². The van der Waals surface area contributed by atoms with E-state index >= 15 is 0 Å². The lowest BCUT2D eigenvalue weighted by atomic mass is 9.86. The standard InChI is InChI=1S/C66H60N2O3Si3/c1-39-29-31-40(32-30-39)67(55-27-15-23-49-47-21-13-25-53(65(2,3)4)61(47)70-63(49)55)57-37-51-52-38-58(44-18-10-12-20-46(44)60(52)69-59(51)45-19-11-9-17-43(45)57)68(41-33-35-42(36-34-41)74(8,72)73)56-28-16-24-50-48-22-14-26-54(66(5,6)7)62(48)71-64(50)56/h9-38H,1-8,72-73H3. The van der Waals surface area contributed by atoms with Crippen molar-refractivity contribution in [2.75, 3.05) is 9.80 Å². The molecule has 3 aromatic heterocycles. The number of para-hydroxylation sites is 4. The minimum Gasteiger partial charge on any atom is -0.455 e. The van der Waals surface area contributed by atoms with Crippen molar-refractivity contribution in [2.45, 2.75) is 65.8 Å². The van der Waals surface area contributed by atoms with Crippen LogP contribution in [0.15, 0.2) is 195 Å². The quantitative estimate of drug-likeness (QED) is 0.149. The van der Waals surface area contributed by atoms with Crippen LogP contribution in [0.1, 0.15) is 58.2 Å². The average molecular weight is 1010 g/mol. The summed E-state index contributed by atoms with van der Waals surface area (Å²) in [6.07, 6.45) is 0. The van der Waals surface area contributed by atoms with Gasteiger partial charge in [-0.05, 0) is 66.3 Å². The molecule has 0 fully saturated rings. The Bertz CT molecular complexity index is 4390. The van der Waals surface area contributed by atoms with Gasteiger partial charge in [-0.1, -0.05) is 192 Å². The van der Waals surface area contributed by atoms with E-state index in [9.17, 15) is 0 Å². The van der Waals surface area contributed by atoms with Crippen molar-refractivity contribution in [3.63, 3.8) is 0 Å². The predicted molar refractivity (Wildman–Crippen MR) is 326 cm³/mol. The lowest BCUT2D eigenvalue weighted by molar-refractivity contribution is 0.572. The topological polar surface area (TPSA) is 45.9 Å². The largest absolute Gasteiger partial charge is 0.455 e. The number of aryl methyl sites for hydroxylation is 1. The molecule has 0 spiro atoms. The van der Waals surface area contributed by atoms with Gasteiger partial charge < -0.3 is 23.1 Å². The zero-order chi connectivity index (χ0) is 51.0. The zero-order valence-electron chi connectivity index (χ0n) is 43.9. The average Bonchev–Trinajstić information content (AvgIpc) is 4.10. The molecule has 0 saturated heterocycles. The Labute approximate surface area is 438 Å². The molecule has 3 heterocycles. The molecule has 74 heavy (non-hydrogen) atoms. The summed E-state index contributed by atoms with van der Waals surface area (Å²) >= 11 is 0. The smallest absolute Gasteiger partial charge is 0.159 e. The fourth-order valence-corrected chi connectivity index (χ4v) is 14.7. The molecule has 364 valence electrons. The highest BCUT2D eigenvalue weighted by atomic mass is 29.6. The molecular formula is C66H60N2O3Si3. The van der Waals surface area contributed by atoms with Gasteiger partial charge in [0.15, 0.2) is 11.2 Å². The molecule has 0 bridgehead atoms. The third-order valence-corrected chi connectivity index (χ3v) is 20.8. The number of fused-ring (bicyclic) bond motifs is 13. The van der Waals surface area contributed by atoms with E-state index in [0.717, 1.165) is 121 Å². The van der Waals surface area contributed by atoms with Crippen molar-refractivity contribution in [3.8, 4) is 0 Å². The summed E-state index contributed by atoms with van der Waals surface area (Å²) in [7, 11) is 1.12. The maximum absolute atomic E-state index is 7.29. The summed E-state index contributed by atoms with van der Waals surface area (Å²) < 4.78 is 21.6. The molecule has 10 aromatic carbocycles. The SMILES string of the molecule is Cc1ccc(N(c2cc3c4cc(N(c5ccc([Si](C)([SiH3])[SiH3])cc5)c5cccc6c5oc5c(C(C)(C)C)cccc56)c5ccccc5c4oc3c3ccccc23)c2cccc3c2oc2c(C(C)(C)C)cccc23)cc1. The first-order valence-electron chi connectivity index (χ1n) is 26.0. The summed E-state index contributed by atoms with van der Waals surface area (Å²) in [4.78, 5) is 4.84. The lowest BCUT2D eigenvalue weighted by Crippen LogP contribution is -2.46. The van der Waals surface area contributed by atoms with Crippen LogP contribution in [0.3, 0.4) is 0 Å². The zero-order valence-corrected chi connectivity index (χ0v) is 48.9. The van der Waals surface area contributed by atoms with Crippen LogP contribution in [0.5, 0.6) is 0 Å². The van der Waals surface area contributed by atoms with Gasteiger partial charge in [-0.25, -0.2) is 0 Å². The molecule has 13 aromatic rings. The number of benzene rings is 10. The van der Waals surface area contributed by atoms with E-state index in [1.54, 1.807) is 0 Å². The monoisotopic (exact) mass is 1010 g/mol. The molecule has 0 amide bonds. The van der Waals surface area contributed by atoms with Crippen molar-refractivity contribution < 1.29 is 13.3 Å². The summed E-state index contributed by atoms with van der Waals surface area (Å²) in [6.45, 7) is 18.2. The highest BCUT2D eigenvalue weighted by molar-refractivity contribution is 7.46. The van der Waals surface area contributed by atoms with E-state index in [0.29, 0.717) is 0 Å². The Balaban J connectivity index is 1.12. The lowest BCUT2D eigenvalue weighted by Gasteiger charge is -2.28. The molecule has 0 aliphatic carbocycles. The first-order valence-corrected chi connectivity index (χ1v) is 35.5. The second kappa shape index (κ2) is 16.7. The third kappa shape index (κ3) is 7.29. The van der Waals surface area contributed by atoms with Crippen molar-refractivity contribution in [3.05, 3.63) is 199 Å². The van der Waals surface area contributed by atoms with Gasteiger partial charge in [0.2, 0.25) is 0 Å². The number of anilines is 6. The van der Waals surface area contributed by atoms with Gasteiger partial charge >= 0.3 is 0 Å². The molecule has 8 heteroatoms. The van der Waals surface area contributed by atoms with Crippen LogP contribution in [0, 0.1) is 6.92 Å². The molecule has 0 aliphatic heterocycles. The first kappa shape index (κ1) is 46.2. The maximum Gasteiger partial charge on any atom is 0.159 e. The Morgan fingerprint density at radius 2 is 0.689 bits per heavy atom. The first-order chi connectivity index (χ1) is 35.5. The molecular weight excluding hydrogens is 953 g/mol. The van der Waals surface area contributed by atoms with Crippen molar-refractivity contribution in [1.29, 1.82) is 0 Å². The summed E-state index contributed by atoms with van der Waals surface area (Å²) in [6, 6.07) is 66.9. The van der Waals surface area contributed by atoms with E-state index in [4.69, 9.17) is 13.3 Å². The fourth-order valence-electron chi connectivity index (χ4n) is 11.5. The van der Waals surface area contributed by atoms with Gasteiger partial charge in [-0.15, -0.1) is 0 Å². The number of furan rings is 3. The number of nitrogens with zero attached hydrogens (tertiary/aromatic N) is 2. The summed E-state index contributed by atoms with van der Waals surface area (Å²) in [5.41, 5.74) is 14.8.